The summed E-state index contributed by atoms with van der Waals surface area (Å²) in [6.07, 6.45) is 10.1. The maximum Gasteiger partial charge on any atom is 0.322 e. The Labute approximate surface area is 321 Å². The molecule has 7 rings (SSSR count). The predicted octanol–water partition coefficient (Wildman–Crippen LogP) is 5.31. The summed E-state index contributed by atoms with van der Waals surface area (Å²) in [6.45, 7) is 7.27. The van der Waals surface area contributed by atoms with Gasteiger partial charge in [-0.25, -0.2) is 0 Å². The molecule has 2 aromatic carbocycles. The van der Waals surface area contributed by atoms with E-state index in [2.05, 4.69) is 65.8 Å². The molecule has 0 spiro atoms. The molecule has 2 aromatic heterocycles. The van der Waals surface area contributed by atoms with Crippen molar-refractivity contribution in [3.8, 4) is 11.8 Å². The minimum Gasteiger partial charge on any atom is -0.493 e. The molecule has 0 radical (unpaired) electrons. The zero-order chi connectivity index (χ0) is 38.5. The van der Waals surface area contributed by atoms with E-state index in [0.29, 0.717) is 30.9 Å². The Hall–Kier alpha value is -5.37. The number of aryl methyl sites for hydroxylation is 1. The largest absolute Gasteiger partial charge is 0.493 e. The molecule has 14 nitrogen and oxygen atoms in total. The van der Waals surface area contributed by atoms with E-state index in [1.165, 1.54) is 5.56 Å². The van der Waals surface area contributed by atoms with Gasteiger partial charge in [0.05, 0.1) is 23.9 Å². The monoisotopic (exact) mass is 750 g/mol. The van der Waals surface area contributed by atoms with E-state index in [4.69, 9.17) is 19.4 Å². The van der Waals surface area contributed by atoms with Crippen molar-refractivity contribution >= 4 is 35.2 Å². The number of nitrogens with zero attached hydrogens (tertiary/aromatic N) is 6. The molecular weight excluding hydrogens is 701 g/mol. The van der Waals surface area contributed by atoms with Crippen LogP contribution in [0.1, 0.15) is 115 Å². The Morgan fingerprint density at radius 2 is 1.64 bits per heavy atom. The van der Waals surface area contributed by atoms with Gasteiger partial charge >= 0.3 is 6.01 Å². The molecule has 55 heavy (non-hydrogen) atoms. The number of piperidine rings is 2. The molecule has 14 heteroatoms. The van der Waals surface area contributed by atoms with Crippen LogP contribution in [0.25, 0.3) is 5.65 Å². The molecule has 2 fully saturated rings. The molecule has 5 heterocycles. The van der Waals surface area contributed by atoms with Gasteiger partial charge in [0.25, 0.3) is 11.8 Å². The van der Waals surface area contributed by atoms with Gasteiger partial charge in [-0.2, -0.15) is 19.6 Å². The maximum atomic E-state index is 13.3. The fraction of sp³-hybridized carbons (Fsp3) is 0.488. The molecule has 1 atom stereocenters. The zero-order valence-corrected chi connectivity index (χ0v) is 31.9. The van der Waals surface area contributed by atoms with Crippen LogP contribution in [0.4, 0.5) is 5.95 Å². The van der Waals surface area contributed by atoms with Crippen LogP contribution in [0, 0.1) is 0 Å². The third-order valence-electron chi connectivity index (χ3n) is 10.7. The number of amides is 4. The molecule has 4 aromatic rings. The molecule has 1 unspecified atom stereocenters. The van der Waals surface area contributed by atoms with Crippen LogP contribution in [-0.4, -0.2) is 91.9 Å². The van der Waals surface area contributed by atoms with E-state index >= 15 is 0 Å². The van der Waals surface area contributed by atoms with Gasteiger partial charge in [-0.15, -0.1) is 0 Å². The third kappa shape index (κ3) is 8.64. The standard InChI is InChI=1S/C41H50N8O6/c1-26(2)31-25-43-49-36(31)45-41(55-29-19-21-47(3)22-20-29)46-40(49)42-24-28-15-13-27(14-16-28)10-7-5-4-6-8-23-54-33-12-9-11-30-35(33)39(53)48(38(30)52)32-17-18-34(50)44-37(32)51/h9,11-16,25-26,29,32H,4-8,10,17-24H2,1-3H3,(H,42,45,46)(H,44,50,51). The number of carbonyl (C=O) groups excluding carboxylic acids is 4. The first kappa shape index (κ1) is 37.9. The lowest BCUT2D eigenvalue weighted by atomic mass is 10.0. The van der Waals surface area contributed by atoms with Gasteiger partial charge in [0.2, 0.25) is 17.8 Å². The highest BCUT2D eigenvalue weighted by Crippen LogP contribution is 2.34. The highest BCUT2D eigenvalue weighted by atomic mass is 16.5. The molecule has 4 amide bonds. The van der Waals surface area contributed by atoms with Gasteiger partial charge in [0, 0.05) is 31.6 Å². The number of anilines is 1. The predicted molar refractivity (Wildman–Crippen MR) is 205 cm³/mol. The number of unbranched alkanes of at least 4 members (excludes halogenated alkanes) is 4. The number of fused-ring (bicyclic) bond motifs is 2. The topological polar surface area (TPSA) is 160 Å². The number of hydrogen-bond acceptors (Lipinski definition) is 11. The lowest BCUT2D eigenvalue weighted by Crippen LogP contribution is -2.54. The highest BCUT2D eigenvalue weighted by molar-refractivity contribution is 6.24. The Bertz CT molecular complexity index is 2040. The quantitative estimate of drug-likeness (QED) is 0.113. The summed E-state index contributed by atoms with van der Waals surface area (Å²) in [7, 11) is 2.13. The molecule has 2 saturated heterocycles. The van der Waals surface area contributed by atoms with Crippen LogP contribution in [0.5, 0.6) is 11.8 Å². The summed E-state index contributed by atoms with van der Waals surface area (Å²) in [5, 5.41) is 10.3. The maximum absolute atomic E-state index is 13.3. The summed E-state index contributed by atoms with van der Waals surface area (Å²) >= 11 is 0. The Morgan fingerprint density at radius 3 is 2.40 bits per heavy atom. The fourth-order valence-electron chi connectivity index (χ4n) is 7.45. The van der Waals surface area contributed by atoms with Crippen LogP contribution in [0.3, 0.4) is 0 Å². The SMILES string of the molecule is CC(C)c1cnn2c(NCc3ccc(CCCCCCCOc4cccc5c4C(=O)N(C4CCC(=O)NC4=O)C5=O)cc3)nc(OC3CCN(C)CC3)nc12. The smallest absolute Gasteiger partial charge is 0.322 e. The minimum absolute atomic E-state index is 0.0784. The van der Waals surface area contributed by atoms with Crippen molar-refractivity contribution in [1.82, 2.24) is 34.7 Å². The molecule has 2 N–H and O–H groups in total. The van der Waals surface area contributed by atoms with Crippen LogP contribution in [0.15, 0.2) is 48.7 Å². The van der Waals surface area contributed by atoms with E-state index < -0.39 is 29.7 Å². The summed E-state index contributed by atoms with van der Waals surface area (Å²) in [5.74, 6) is -0.896. The van der Waals surface area contributed by atoms with E-state index in [-0.39, 0.29) is 36.0 Å². The number of hydrogen-bond donors (Lipinski definition) is 2. The van der Waals surface area contributed by atoms with Gasteiger partial charge in [0.15, 0.2) is 5.65 Å². The highest BCUT2D eigenvalue weighted by Gasteiger charge is 2.46. The third-order valence-corrected chi connectivity index (χ3v) is 10.7. The minimum atomic E-state index is -1.00. The van der Waals surface area contributed by atoms with Crippen LogP contribution in [0.2, 0.25) is 0 Å². The molecule has 0 saturated carbocycles. The number of benzene rings is 2. The van der Waals surface area contributed by atoms with Crippen LogP contribution >= 0.6 is 0 Å². The lowest BCUT2D eigenvalue weighted by Gasteiger charge is -2.28. The average molecular weight is 751 g/mol. The second kappa shape index (κ2) is 17.0. The first-order chi connectivity index (χ1) is 26.7. The second-order valence-electron chi connectivity index (χ2n) is 15.1. The van der Waals surface area contributed by atoms with E-state index in [1.807, 2.05) is 6.20 Å². The van der Waals surface area contributed by atoms with E-state index in [9.17, 15) is 19.2 Å². The second-order valence-corrected chi connectivity index (χ2v) is 15.1. The molecule has 0 aliphatic carbocycles. The molecule has 3 aliphatic rings. The first-order valence-corrected chi connectivity index (χ1v) is 19.6. The molecule has 0 bridgehead atoms. The van der Waals surface area contributed by atoms with Crippen molar-refractivity contribution in [1.29, 1.82) is 0 Å². The lowest BCUT2D eigenvalue weighted by molar-refractivity contribution is -0.136. The molecule has 3 aliphatic heterocycles. The van der Waals surface area contributed by atoms with Crippen molar-refractivity contribution in [2.24, 2.45) is 0 Å². The Kier molecular flexibility index (Phi) is 11.7. The Morgan fingerprint density at radius 1 is 0.891 bits per heavy atom. The van der Waals surface area contributed by atoms with Crippen molar-refractivity contribution in [3.63, 3.8) is 0 Å². The van der Waals surface area contributed by atoms with E-state index in [0.717, 1.165) is 86.1 Å². The fourth-order valence-corrected chi connectivity index (χ4v) is 7.45. The van der Waals surface area contributed by atoms with Gasteiger partial charge in [0.1, 0.15) is 17.9 Å². The number of aromatic nitrogens is 4. The summed E-state index contributed by atoms with van der Waals surface area (Å²) < 4.78 is 14.0. The van der Waals surface area contributed by atoms with Crippen LogP contribution < -0.4 is 20.1 Å². The number of ether oxygens (including phenoxy) is 2. The van der Waals surface area contributed by atoms with Crippen molar-refractivity contribution < 1.29 is 28.7 Å². The van der Waals surface area contributed by atoms with Crippen molar-refractivity contribution in [2.45, 2.75) is 103 Å². The van der Waals surface area contributed by atoms with Gasteiger partial charge in [-0.05, 0) is 74.8 Å². The van der Waals surface area contributed by atoms with E-state index in [1.54, 1.807) is 22.7 Å². The summed E-state index contributed by atoms with van der Waals surface area (Å²) in [6, 6.07) is 13.0. The number of likely N-dealkylation sites (tertiary alicyclic amines) is 1. The average Bonchev–Trinajstić information content (AvgIpc) is 3.72. The van der Waals surface area contributed by atoms with Gasteiger partial charge in [-0.1, -0.05) is 63.4 Å². The number of carbonyl (C=O) groups is 4. The van der Waals surface area contributed by atoms with Crippen molar-refractivity contribution in [2.75, 3.05) is 32.1 Å². The van der Waals surface area contributed by atoms with Gasteiger partial charge in [-0.3, -0.25) is 29.4 Å². The number of rotatable bonds is 16. The zero-order valence-electron chi connectivity index (χ0n) is 31.9. The van der Waals surface area contributed by atoms with Crippen molar-refractivity contribution in [3.05, 3.63) is 76.5 Å². The summed E-state index contributed by atoms with van der Waals surface area (Å²) in [4.78, 5) is 63.1. The van der Waals surface area contributed by atoms with Crippen LogP contribution in [-0.2, 0) is 22.6 Å². The molecule has 290 valence electrons. The first-order valence-electron chi connectivity index (χ1n) is 19.6. The van der Waals surface area contributed by atoms with Gasteiger partial charge < -0.3 is 19.7 Å². The Balaban J connectivity index is 0.840. The number of nitrogens with one attached hydrogen (secondary N) is 2. The normalized spacial score (nSPS) is 18.0. The molecular formula is C41H50N8O6. The summed E-state index contributed by atoms with van der Waals surface area (Å²) in [5.41, 5.74) is 4.67. The number of imide groups is 2.